The summed E-state index contributed by atoms with van der Waals surface area (Å²) >= 11 is 0. The van der Waals surface area contributed by atoms with Gasteiger partial charge in [0.15, 0.2) is 0 Å². The molecule has 2 aliphatic heterocycles. The molecule has 0 spiro atoms. The van der Waals surface area contributed by atoms with Crippen molar-refractivity contribution >= 4 is 16.8 Å². The van der Waals surface area contributed by atoms with Crippen LogP contribution in [0.4, 0.5) is 0 Å². The van der Waals surface area contributed by atoms with E-state index in [9.17, 15) is 20.0 Å². The van der Waals surface area contributed by atoms with E-state index in [-0.39, 0.29) is 36.2 Å². The predicted molar refractivity (Wildman–Crippen MR) is 102 cm³/mol. The van der Waals surface area contributed by atoms with Gasteiger partial charge in [-0.1, -0.05) is 0 Å². The molecule has 2 unspecified atom stereocenters. The number of methoxy groups -OCH3 is 1. The van der Waals surface area contributed by atoms with Gasteiger partial charge in [-0.2, -0.15) is 5.26 Å². The molecule has 2 bridgehead atoms. The molecule has 0 radical (unpaired) electrons. The lowest BCUT2D eigenvalue weighted by Gasteiger charge is -2.27. The van der Waals surface area contributed by atoms with E-state index in [1.807, 2.05) is 0 Å². The first-order chi connectivity index (χ1) is 14.1. The van der Waals surface area contributed by atoms with Crippen LogP contribution in [0.1, 0.15) is 29.8 Å². The Kier molecular flexibility index (Phi) is 3.72. The second kappa shape index (κ2) is 6.18. The number of rotatable bonds is 3. The molecule has 1 N–H and O–H groups in total. The molecule has 3 aromatic rings. The van der Waals surface area contributed by atoms with E-state index in [0.717, 1.165) is 0 Å². The molecule has 0 saturated carbocycles. The molecule has 2 atom stereocenters. The molecule has 2 aliphatic rings. The van der Waals surface area contributed by atoms with E-state index in [1.54, 1.807) is 39.9 Å². The normalized spacial score (nSPS) is 19.5. The van der Waals surface area contributed by atoms with Crippen molar-refractivity contribution in [2.75, 3.05) is 20.3 Å². The largest absolute Gasteiger partial charge is 0.493 e. The Morgan fingerprint density at radius 3 is 3.00 bits per heavy atom. The van der Waals surface area contributed by atoms with Crippen molar-refractivity contribution in [2.45, 2.75) is 18.5 Å². The van der Waals surface area contributed by atoms with E-state index in [1.165, 1.54) is 11.7 Å². The number of nitriles is 1. The standard InChI is InChI=1S/C20H17N5O4/c1-29-10-16(26)23-9-12-7-15(23)18-19(27)25(20(28)24(12)18)14-5-4-11(8-21)17-13(14)3-2-6-22-17/h2-6,12,15,27H,7,9-10H2,1H3. The number of pyridine rings is 1. The van der Waals surface area contributed by atoms with Crippen molar-refractivity contribution < 1.29 is 14.6 Å². The summed E-state index contributed by atoms with van der Waals surface area (Å²) in [6, 6.07) is 8.25. The molecule has 1 fully saturated rings. The highest BCUT2D eigenvalue weighted by atomic mass is 16.5. The smallest absolute Gasteiger partial charge is 0.336 e. The minimum atomic E-state index is -0.362. The summed E-state index contributed by atoms with van der Waals surface area (Å²) in [7, 11) is 1.46. The monoisotopic (exact) mass is 391 g/mol. The molecular formula is C20H17N5O4. The molecule has 9 nitrogen and oxygen atoms in total. The third-order valence-electron chi connectivity index (χ3n) is 5.75. The lowest BCUT2D eigenvalue weighted by molar-refractivity contribution is -0.136. The third-order valence-corrected chi connectivity index (χ3v) is 5.75. The number of imidazole rings is 1. The van der Waals surface area contributed by atoms with Crippen LogP contribution in [0.2, 0.25) is 0 Å². The first-order valence-corrected chi connectivity index (χ1v) is 9.19. The fourth-order valence-corrected chi connectivity index (χ4v) is 4.59. The van der Waals surface area contributed by atoms with Gasteiger partial charge >= 0.3 is 5.69 Å². The van der Waals surface area contributed by atoms with Crippen molar-refractivity contribution in [3.05, 3.63) is 52.2 Å². The summed E-state index contributed by atoms with van der Waals surface area (Å²) < 4.78 is 7.77. The first kappa shape index (κ1) is 17.5. The third kappa shape index (κ3) is 2.26. The van der Waals surface area contributed by atoms with Crippen LogP contribution < -0.4 is 5.69 Å². The summed E-state index contributed by atoms with van der Waals surface area (Å²) in [4.78, 5) is 31.5. The highest BCUT2D eigenvalue weighted by Crippen LogP contribution is 2.48. The predicted octanol–water partition coefficient (Wildman–Crippen LogP) is 1.24. The van der Waals surface area contributed by atoms with Crippen molar-refractivity contribution in [3.8, 4) is 17.6 Å². The zero-order valence-corrected chi connectivity index (χ0v) is 15.6. The van der Waals surface area contributed by atoms with Crippen LogP contribution in [-0.4, -0.2) is 50.3 Å². The molecule has 1 aromatic carbocycles. The number of amides is 1. The molecular weight excluding hydrogens is 374 g/mol. The number of aromatic hydroxyl groups is 1. The quantitative estimate of drug-likeness (QED) is 0.719. The van der Waals surface area contributed by atoms with E-state index >= 15 is 0 Å². The second-order valence-corrected chi connectivity index (χ2v) is 7.22. The van der Waals surface area contributed by atoms with E-state index in [2.05, 4.69) is 11.1 Å². The van der Waals surface area contributed by atoms with Gasteiger partial charge in [-0.3, -0.25) is 14.3 Å². The number of hydrogen-bond acceptors (Lipinski definition) is 6. The lowest BCUT2D eigenvalue weighted by atomic mass is 10.1. The van der Waals surface area contributed by atoms with Gasteiger partial charge in [0.1, 0.15) is 18.4 Å². The van der Waals surface area contributed by atoms with Crippen LogP contribution in [-0.2, 0) is 9.53 Å². The van der Waals surface area contributed by atoms with Crippen LogP contribution in [0.15, 0.2) is 35.3 Å². The highest BCUT2D eigenvalue weighted by Gasteiger charge is 2.49. The number of carbonyl (C=O) groups excluding carboxylic acids is 1. The molecule has 2 aromatic heterocycles. The average molecular weight is 391 g/mol. The number of ether oxygens (including phenoxy) is 1. The second-order valence-electron chi connectivity index (χ2n) is 7.22. The Morgan fingerprint density at radius 1 is 1.41 bits per heavy atom. The van der Waals surface area contributed by atoms with Gasteiger partial charge in [0.05, 0.1) is 28.9 Å². The summed E-state index contributed by atoms with van der Waals surface area (Å²) in [5.74, 6) is -0.355. The fourth-order valence-electron chi connectivity index (χ4n) is 4.59. The van der Waals surface area contributed by atoms with Crippen molar-refractivity contribution in [2.24, 2.45) is 0 Å². The molecule has 29 heavy (non-hydrogen) atoms. The maximum atomic E-state index is 13.2. The van der Waals surface area contributed by atoms with Gasteiger partial charge < -0.3 is 14.7 Å². The number of aromatic nitrogens is 3. The number of hydrogen-bond donors (Lipinski definition) is 1. The summed E-state index contributed by atoms with van der Waals surface area (Å²) in [5, 5.41) is 20.9. The molecule has 5 rings (SSSR count). The van der Waals surface area contributed by atoms with E-state index in [0.29, 0.717) is 40.8 Å². The zero-order valence-electron chi connectivity index (χ0n) is 15.6. The fraction of sp³-hybridized carbons (Fsp3) is 0.300. The van der Waals surface area contributed by atoms with E-state index < -0.39 is 0 Å². The van der Waals surface area contributed by atoms with Gasteiger partial charge in [-0.05, 0) is 30.7 Å². The van der Waals surface area contributed by atoms with E-state index in [4.69, 9.17) is 4.74 Å². The Labute approximate surface area is 165 Å². The Morgan fingerprint density at radius 2 is 2.24 bits per heavy atom. The Hall–Kier alpha value is -3.64. The Balaban J connectivity index is 1.70. The highest BCUT2D eigenvalue weighted by molar-refractivity contribution is 5.91. The molecule has 4 heterocycles. The van der Waals surface area contributed by atoms with Crippen LogP contribution in [0.25, 0.3) is 16.6 Å². The Bertz CT molecular complexity index is 1270. The van der Waals surface area contributed by atoms with Crippen molar-refractivity contribution in [3.63, 3.8) is 0 Å². The molecule has 1 saturated heterocycles. The van der Waals surface area contributed by atoms with Crippen LogP contribution in [0.5, 0.6) is 5.88 Å². The summed E-state index contributed by atoms with van der Waals surface area (Å²) in [6.07, 6.45) is 2.18. The topological polar surface area (TPSA) is 113 Å². The van der Waals surface area contributed by atoms with Crippen molar-refractivity contribution in [1.82, 2.24) is 19.0 Å². The van der Waals surface area contributed by atoms with Gasteiger partial charge in [0.25, 0.3) is 0 Å². The molecule has 0 aliphatic carbocycles. The number of benzene rings is 1. The molecule has 1 amide bonds. The van der Waals surface area contributed by atoms with Crippen LogP contribution >= 0.6 is 0 Å². The van der Waals surface area contributed by atoms with Gasteiger partial charge in [-0.15, -0.1) is 0 Å². The minimum absolute atomic E-state index is 0.0408. The first-order valence-electron chi connectivity index (χ1n) is 9.19. The minimum Gasteiger partial charge on any atom is -0.493 e. The van der Waals surface area contributed by atoms with Crippen molar-refractivity contribution in [1.29, 1.82) is 5.26 Å². The van der Waals surface area contributed by atoms with Crippen LogP contribution in [0.3, 0.4) is 0 Å². The number of likely N-dealkylation sites (tertiary alicyclic amines) is 1. The zero-order chi connectivity index (χ0) is 20.3. The average Bonchev–Trinajstić information content (AvgIpc) is 3.39. The number of fused-ring (bicyclic) bond motifs is 6. The van der Waals surface area contributed by atoms with Crippen LogP contribution in [0, 0.1) is 11.3 Å². The number of nitrogens with zero attached hydrogens (tertiary/aromatic N) is 5. The van der Waals surface area contributed by atoms with Gasteiger partial charge in [0, 0.05) is 25.2 Å². The van der Waals surface area contributed by atoms with Gasteiger partial charge in [0.2, 0.25) is 11.8 Å². The maximum Gasteiger partial charge on any atom is 0.336 e. The van der Waals surface area contributed by atoms with Gasteiger partial charge in [-0.25, -0.2) is 9.36 Å². The summed E-state index contributed by atoms with van der Waals surface area (Å²) in [5.41, 5.74) is 1.38. The summed E-state index contributed by atoms with van der Waals surface area (Å²) in [6.45, 7) is 0.375. The molecule has 146 valence electrons. The molecule has 9 heteroatoms. The maximum absolute atomic E-state index is 13.2. The SMILES string of the molecule is COCC(=O)N1CC2CC1c1c(O)n(-c3ccc(C#N)c4ncccc34)c(=O)n12. The number of carbonyl (C=O) groups is 1. The lowest BCUT2D eigenvalue weighted by Crippen LogP contribution is -2.39.